The molecule has 3 heteroatoms. The van der Waals surface area contributed by atoms with E-state index in [1.807, 2.05) is 18.2 Å². The van der Waals surface area contributed by atoms with E-state index in [1.165, 1.54) is 16.0 Å². The molecule has 0 bridgehead atoms. The summed E-state index contributed by atoms with van der Waals surface area (Å²) >= 11 is 8.15. The van der Waals surface area contributed by atoms with Crippen molar-refractivity contribution in [3.8, 4) is 0 Å². The summed E-state index contributed by atoms with van der Waals surface area (Å²) in [4.78, 5) is 1.17. The van der Waals surface area contributed by atoms with E-state index in [1.54, 1.807) is 11.8 Å². The topological polar surface area (TPSA) is 26.0 Å². The Morgan fingerprint density at radius 2 is 1.85 bits per heavy atom. The van der Waals surface area contributed by atoms with Crippen molar-refractivity contribution < 1.29 is 0 Å². The molecule has 0 saturated heterocycles. The molecule has 0 fully saturated rings. The highest BCUT2D eigenvalue weighted by Crippen LogP contribution is 2.33. The van der Waals surface area contributed by atoms with Gasteiger partial charge in [0.05, 0.1) is 5.02 Å². The molecule has 0 saturated carbocycles. The first kappa shape index (κ1) is 15.4. The van der Waals surface area contributed by atoms with E-state index >= 15 is 0 Å². The Morgan fingerprint density at radius 1 is 1.10 bits per heavy atom. The van der Waals surface area contributed by atoms with Crippen molar-refractivity contribution >= 4 is 23.4 Å². The van der Waals surface area contributed by atoms with Crippen molar-refractivity contribution in [1.29, 1.82) is 0 Å². The van der Waals surface area contributed by atoms with E-state index in [9.17, 15) is 0 Å². The van der Waals surface area contributed by atoms with Crippen molar-refractivity contribution in [3.63, 3.8) is 0 Å². The molecule has 20 heavy (non-hydrogen) atoms. The van der Waals surface area contributed by atoms with Gasteiger partial charge in [-0.1, -0.05) is 61.0 Å². The lowest BCUT2D eigenvalue weighted by molar-refractivity contribution is 0.641. The number of nitrogens with two attached hydrogens (primary N) is 1. The molecule has 0 spiro atoms. The number of rotatable bonds is 6. The maximum absolute atomic E-state index is 6.36. The predicted octanol–water partition coefficient (Wildman–Crippen LogP) is 4.91. The summed E-state index contributed by atoms with van der Waals surface area (Å²) in [5, 5.41) is 0.826. The van der Waals surface area contributed by atoms with Gasteiger partial charge in [0.1, 0.15) is 0 Å². The highest BCUT2D eigenvalue weighted by molar-refractivity contribution is 7.98. The van der Waals surface area contributed by atoms with Crippen LogP contribution in [0.3, 0.4) is 0 Å². The molecule has 1 nitrogen and oxygen atoms in total. The summed E-state index contributed by atoms with van der Waals surface area (Å²) in [7, 11) is 0. The van der Waals surface area contributed by atoms with Crippen LogP contribution >= 0.6 is 23.4 Å². The maximum atomic E-state index is 6.36. The van der Waals surface area contributed by atoms with Crippen LogP contribution in [-0.4, -0.2) is 6.04 Å². The van der Waals surface area contributed by atoms with Gasteiger partial charge in [0, 0.05) is 16.7 Å². The summed E-state index contributed by atoms with van der Waals surface area (Å²) in [6.45, 7) is 2.12. The zero-order valence-corrected chi connectivity index (χ0v) is 13.3. The van der Waals surface area contributed by atoms with Crippen LogP contribution < -0.4 is 5.73 Å². The van der Waals surface area contributed by atoms with Crippen molar-refractivity contribution in [3.05, 3.63) is 64.7 Å². The molecule has 0 radical (unpaired) electrons. The third kappa shape index (κ3) is 4.27. The Morgan fingerprint density at radius 3 is 2.55 bits per heavy atom. The Bertz CT molecular complexity index is 542. The van der Waals surface area contributed by atoms with Crippen LogP contribution in [-0.2, 0) is 12.2 Å². The molecule has 2 rings (SSSR count). The first-order chi connectivity index (χ1) is 9.70. The minimum Gasteiger partial charge on any atom is -0.327 e. The van der Waals surface area contributed by atoms with Gasteiger partial charge in [-0.3, -0.25) is 0 Å². The molecule has 1 unspecified atom stereocenters. The second kappa shape index (κ2) is 7.72. The number of hydrogen-bond donors (Lipinski definition) is 1. The van der Waals surface area contributed by atoms with E-state index in [2.05, 4.69) is 37.3 Å². The molecular formula is C17H20ClNS. The zero-order chi connectivity index (χ0) is 14.4. The molecule has 2 aromatic carbocycles. The molecule has 1 atom stereocenters. The van der Waals surface area contributed by atoms with Crippen molar-refractivity contribution in [2.45, 2.75) is 36.5 Å². The lowest BCUT2D eigenvalue weighted by Crippen LogP contribution is -2.21. The number of halogens is 1. The lowest BCUT2D eigenvalue weighted by Gasteiger charge is -2.14. The second-order valence-corrected chi connectivity index (χ2v) is 6.27. The Hall–Kier alpha value is -0.960. The molecule has 0 aromatic heterocycles. The first-order valence-electron chi connectivity index (χ1n) is 6.90. The first-order valence-corrected chi connectivity index (χ1v) is 8.26. The molecule has 0 amide bonds. The zero-order valence-electron chi connectivity index (χ0n) is 11.7. The molecule has 0 aliphatic rings. The summed E-state index contributed by atoms with van der Waals surface area (Å²) in [6, 6.07) is 16.7. The minimum absolute atomic E-state index is 0.199. The molecule has 0 heterocycles. The Balaban J connectivity index is 2.13. The Labute approximate surface area is 130 Å². The molecular weight excluding hydrogens is 286 g/mol. The smallest absolute Gasteiger partial charge is 0.0544 e. The van der Waals surface area contributed by atoms with Crippen molar-refractivity contribution in [2.24, 2.45) is 5.73 Å². The average Bonchev–Trinajstić information content (AvgIpc) is 2.47. The number of benzene rings is 2. The van der Waals surface area contributed by atoms with Crippen LogP contribution in [0.5, 0.6) is 0 Å². The minimum atomic E-state index is 0.199. The second-order valence-electron chi connectivity index (χ2n) is 4.87. The fourth-order valence-electron chi connectivity index (χ4n) is 2.03. The summed E-state index contributed by atoms with van der Waals surface area (Å²) in [6.07, 6.45) is 1.86. The monoisotopic (exact) mass is 305 g/mol. The third-order valence-electron chi connectivity index (χ3n) is 3.28. The molecule has 2 N–H and O–H groups in total. The SMILES string of the molecule is CCC(N)Cc1cccc(Cl)c1SCc1ccccc1. The van der Waals surface area contributed by atoms with E-state index in [0.29, 0.717) is 0 Å². The van der Waals surface area contributed by atoms with E-state index in [4.69, 9.17) is 17.3 Å². The fourth-order valence-corrected chi connectivity index (χ4v) is 3.44. The molecule has 2 aromatic rings. The predicted molar refractivity (Wildman–Crippen MR) is 89.4 cm³/mol. The van der Waals surface area contributed by atoms with Gasteiger partial charge in [0.15, 0.2) is 0 Å². The number of thioether (sulfide) groups is 1. The largest absolute Gasteiger partial charge is 0.327 e. The summed E-state index contributed by atoms with van der Waals surface area (Å²) in [5.74, 6) is 0.930. The average molecular weight is 306 g/mol. The maximum Gasteiger partial charge on any atom is 0.0544 e. The van der Waals surface area contributed by atoms with Crippen LogP contribution in [0.25, 0.3) is 0 Å². The number of hydrogen-bond acceptors (Lipinski definition) is 2. The third-order valence-corrected chi connectivity index (χ3v) is 4.96. The normalized spacial score (nSPS) is 12.3. The molecule has 0 aliphatic heterocycles. The van der Waals surface area contributed by atoms with Gasteiger partial charge >= 0.3 is 0 Å². The van der Waals surface area contributed by atoms with Crippen LogP contribution in [0, 0.1) is 0 Å². The fraction of sp³-hybridized carbons (Fsp3) is 0.294. The highest BCUT2D eigenvalue weighted by Gasteiger charge is 2.10. The van der Waals surface area contributed by atoms with Crippen LogP contribution in [0.2, 0.25) is 5.02 Å². The van der Waals surface area contributed by atoms with Gasteiger partial charge in [-0.2, -0.15) is 0 Å². The molecule has 106 valence electrons. The van der Waals surface area contributed by atoms with E-state index in [0.717, 1.165) is 23.6 Å². The van der Waals surface area contributed by atoms with E-state index in [-0.39, 0.29) is 6.04 Å². The van der Waals surface area contributed by atoms with Gasteiger partial charge in [-0.05, 0) is 30.0 Å². The van der Waals surface area contributed by atoms with Crippen molar-refractivity contribution in [2.75, 3.05) is 0 Å². The standard InChI is InChI=1S/C17H20ClNS/c1-2-15(19)11-14-9-6-10-16(18)17(14)20-12-13-7-4-3-5-8-13/h3-10,15H,2,11-12,19H2,1H3. The van der Waals surface area contributed by atoms with Crippen molar-refractivity contribution in [1.82, 2.24) is 0 Å². The van der Waals surface area contributed by atoms with E-state index < -0.39 is 0 Å². The molecule has 0 aliphatic carbocycles. The van der Waals surface area contributed by atoms with Gasteiger partial charge in [-0.15, -0.1) is 11.8 Å². The van der Waals surface area contributed by atoms with Crippen LogP contribution in [0.15, 0.2) is 53.4 Å². The highest BCUT2D eigenvalue weighted by atomic mass is 35.5. The summed E-state index contributed by atoms with van der Waals surface area (Å²) in [5.41, 5.74) is 8.64. The lowest BCUT2D eigenvalue weighted by atomic mass is 10.0. The van der Waals surface area contributed by atoms with Gasteiger partial charge < -0.3 is 5.73 Å². The Kier molecular flexibility index (Phi) is 5.96. The quantitative estimate of drug-likeness (QED) is 0.767. The van der Waals surface area contributed by atoms with Gasteiger partial charge in [-0.25, -0.2) is 0 Å². The van der Waals surface area contributed by atoms with Gasteiger partial charge in [0.25, 0.3) is 0 Å². The van der Waals surface area contributed by atoms with Gasteiger partial charge in [0.2, 0.25) is 0 Å². The van der Waals surface area contributed by atoms with Crippen LogP contribution in [0.1, 0.15) is 24.5 Å². The summed E-state index contributed by atoms with van der Waals surface area (Å²) < 4.78 is 0. The van der Waals surface area contributed by atoms with Crippen LogP contribution in [0.4, 0.5) is 0 Å².